The van der Waals surface area contributed by atoms with Gasteiger partial charge in [0.25, 0.3) is 0 Å². The molecule has 1 aliphatic carbocycles. The summed E-state index contributed by atoms with van der Waals surface area (Å²) in [5.41, 5.74) is 5.94. The van der Waals surface area contributed by atoms with Gasteiger partial charge in [-0.05, 0) is 59.5 Å². The van der Waals surface area contributed by atoms with Crippen molar-refractivity contribution in [1.82, 2.24) is 25.0 Å². The van der Waals surface area contributed by atoms with Crippen LogP contribution in [0.1, 0.15) is 43.9 Å². The summed E-state index contributed by atoms with van der Waals surface area (Å²) in [7, 11) is 0. The zero-order valence-corrected chi connectivity index (χ0v) is 18.2. The number of nitrogens with one attached hydrogen (secondary N) is 2. The van der Waals surface area contributed by atoms with Gasteiger partial charge in [0.1, 0.15) is 0 Å². The van der Waals surface area contributed by atoms with E-state index in [1.54, 1.807) is 10.7 Å². The van der Waals surface area contributed by atoms with Crippen LogP contribution in [0.5, 0.6) is 0 Å². The number of Topliss-reactive ketones (excluding diaryl/α,β-unsaturated/α-hetero) is 1. The van der Waals surface area contributed by atoms with Crippen LogP contribution in [0.2, 0.25) is 0 Å². The summed E-state index contributed by atoms with van der Waals surface area (Å²) in [6, 6.07) is 11.8. The number of rotatable bonds is 1. The molecule has 1 aliphatic heterocycles. The van der Waals surface area contributed by atoms with Crippen LogP contribution < -0.4 is 10.6 Å². The number of pyridine rings is 2. The number of aryl methyl sites for hydroxylation is 1. The number of aromatic nitrogens is 5. The molecule has 32 heavy (non-hydrogen) atoms. The molecule has 0 saturated carbocycles. The van der Waals surface area contributed by atoms with Crippen molar-refractivity contribution in [3.8, 4) is 0 Å². The van der Waals surface area contributed by atoms with Crippen LogP contribution in [0, 0.1) is 12.3 Å². The number of ketones is 1. The lowest BCUT2D eigenvalue weighted by molar-refractivity contribution is -0.118. The van der Waals surface area contributed by atoms with Gasteiger partial charge in [-0.25, -0.2) is 4.98 Å². The van der Waals surface area contributed by atoms with Crippen LogP contribution in [0.3, 0.4) is 0 Å². The first kappa shape index (κ1) is 18.9. The highest BCUT2D eigenvalue weighted by Gasteiger charge is 2.39. The third-order valence-electron chi connectivity index (χ3n) is 6.35. The van der Waals surface area contributed by atoms with Gasteiger partial charge >= 0.3 is 0 Å². The molecule has 2 N–H and O–H groups in total. The van der Waals surface area contributed by atoms with Crippen LogP contribution >= 0.6 is 0 Å². The summed E-state index contributed by atoms with van der Waals surface area (Å²) in [5, 5.41) is 20.6. The van der Waals surface area contributed by atoms with Gasteiger partial charge in [0.05, 0.1) is 17.2 Å². The summed E-state index contributed by atoms with van der Waals surface area (Å²) in [6.07, 6.45) is 3.00. The summed E-state index contributed by atoms with van der Waals surface area (Å²) >= 11 is 0. The van der Waals surface area contributed by atoms with Crippen LogP contribution in [0.25, 0.3) is 16.6 Å². The maximum absolute atomic E-state index is 13.5. The number of fused-ring (bicyclic) bond motifs is 4. The fourth-order valence-corrected chi connectivity index (χ4v) is 4.96. The highest BCUT2D eigenvalue weighted by atomic mass is 16.1. The van der Waals surface area contributed by atoms with Crippen molar-refractivity contribution < 1.29 is 4.79 Å². The Morgan fingerprint density at radius 3 is 2.91 bits per heavy atom. The van der Waals surface area contributed by atoms with Crippen LogP contribution in [0.4, 0.5) is 11.5 Å². The van der Waals surface area contributed by atoms with Crippen LogP contribution in [0.15, 0.2) is 53.9 Å². The van der Waals surface area contributed by atoms with Crippen molar-refractivity contribution >= 4 is 33.8 Å². The minimum absolute atomic E-state index is 0.126. The average Bonchev–Trinajstić information content (AvgIpc) is 3.16. The van der Waals surface area contributed by atoms with E-state index >= 15 is 0 Å². The number of benzene rings is 1. The Kier molecular flexibility index (Phi) is 3.90. The number of carbonyl (C=O) groups is 1. The zero-order chi connectivity index (χ0) is 22.0. The third kappa shape index (κ3) is 2.86. The first-order valence-electron chi connectivity index (χ1n) is 10.8. The molecule has 3 aromatic heterocycles. The van der Waals surface area contributed by atoms with Gasteiger partial charge in [0.2, 0.25) is 0 Å². The number of tetrazole rings is 1. The second-order valence-corrected chi connectivity index (χ2v) is 9.51. The molecule has 6 rings (SSSR count). The van der Waals surface area contributed by atoms with E-state index in [-0.39, 0.29) is 11.2 Å². The summed E-state index contributed by atoms with van der Waals surface area (Å²) in [5.74, 6) is 0.851. The van der Waals surface area contributed by atoms with Crippen molar-refractivity contribution in [2.24, 2.45) is 5.41 Å². The van der Waals surface area contributed by atoms with Gasteiger partial charge in [-0.3, -0.25) is 4.79 Å². The van der Waals surface area contributed by atoms with Gasteiger partial charge in [-0.1, -0.05) is 25.5 Å². The van der Waals surface area contributed by atoms with Crippen molar-refractivity contribution in [3.05, 3.63) is 65.0 Å². The van der Waals surface area contributed by atoms with Gasteiger partial charge in [-0.15, -0.1) is 5.10 Å². The summed E-state index contributed by atoms with van der Waals surface area (Å²) in [6.45, 7) is 6.32. The molecule has 0 fully saturated rings. The molecular weight excluding hydrogens is 402 g/mol. The van der Waals surface area contributed by atoms with E-state index in [4.69, 9.17) is 0 Å². The summed E-state index contributed by atoms with van der Waals surface area (Å²) < 4.78 is 1.76. The Balaban J connectivity index is 1.65. The average molecular weight is 425 g/mol. The van der Waals surface area contributed by atoms with Crippen molar-refractivity contribution in [2.45, 2.75) is 39.7 Å². The Morgan fingerprint density at radius 1 is 1.16 bits per heavy atom. The molecule has 0 saturated heterocycles. The normalized spacial score (nSPS) is 19.8. The molecule has 4 aromatic rings. The standard InChI is InChI=1S/C24H23N7O/c1-13-6-7-18-14(9-13)10-15(23-28-29-30-31(18)23)21-20-17(11-24(2,3)12-19(20)32)27-22-16(26-21)5-4-8-25-22/h4-10,21,26H,11-12H2,1-3H3,(H,25,27). The van der Waals surface area contributed by atoms with E-state index in [0.717, 1.165) is 51.2 Å². The number of nitrogens with zero attached hydrogens (tertiary/aromatic N) is 5. The van der Waals surface area contributed by atoms with E-state index < -0.39 is 6.04 Å². The van der Waals surface area contributed by atoms with E-state index in [1.165, 1.54) is 0 Å². The lowest BCUT2D eigenvalue weighted by Crippen LogP contribution is -2.31. The SMILES string of the molecule is Cc1ccc2c(c1)cc(C1Nc3cccnc3NC3=C1C(=O)CC(C)(C)C3)c1nnnn12. The van der Waals surface area contributed by atoms with Gasteiger partial charge in [0, 0.05) is 34.8 Å². The molecule has 1 unspecified atom stereocenters. The summed E-state index contributed by atoms with van der Waals surface area (Å²) in [4.78, 5) is 18.0. The molecule has 0 spiro atoms. The van der Waals surface area contributed by atoms with Crippen molar-refractivity contribution in [1.29, 1.82) is 0 Å². The minimum Gasteiger partial charge on any atom is -0.371 e. The zero-order valence-electron chi connectivity index (χ0n) is 18.2. The predicted octanol–water partition coefficient (Wildman–Crippen LogP) is 4.20. The van der Waals surface area contributed by atoms with E-state index in [9.17, 15) is 4.79 Å². The first-order valence-corrected chi connectivity index (χ1v) is 10.8. The molecule has 8 heteroatoms. The fraction of sp³-hybridized carbons (Fsp3) is 0.292. The molecule has 2 aliphatic rings. The Hall–Kier alpha value is -3.81. The third-order valence-corrected chi connectivity index (χ3v) is 6.35. The Morgan fingerprint density at radius 2 is 2.03 bits per heavy atom. The number of carbonyl (C=O) groups excluding carboxylic acids is 1. The van der Waals surface area contributed by atoms with E-state index in [0.29, 0.717) is 12.1 Å². The molecule has 0 amide bonds. The molecule has 160 valence electrons. The van der Waals surface area contributed by atoms with Gasteiger partial charge < -0.3 is 10.6 Å². The Bertz CT molecular complexity index is 1450. The highest BCUT2D eigenvalue weighted by molar-refractivity contribution is 6.01. The van der Waals surface area contributed by atoms with Crippen molar-refractivity contribution in [3.63, 3.8) is 0 Å². The lowest BCUT2D eigenvalue weighted by Gasteiger charge is -2.34. The van der Waals surface area contributed by atoms with Crippen molar-refractivity contribution in [2.75, 3.05) is 10.6 Å². The maximum atomic E-state index is 13.5. The quantitative estimate of drug-likeness (QED) is 0.472. The number of anilines is 2. The number of hydrogen-bond acceptors (Lipinski definition) is 7. The smallest absolute Gasteiger partial charge is 0.185 e. The molecular formula is C24H23N7O. The second-order valence-electron chi connectivity index (χ2n) is 9.51. The van der Waals surface area contributed by atoms with E-state index in [1.807, 2.05) is 24.3 Å². The molecule has 0 radical (unpaired) electrons. The molecule has 1 atom stereocenters. The van der Waals surface area contributed by atoms with E-state index in [2.05, 4.69) is 64.0 Å². The Labute approximate surface area is 184 Å². The van der Waals surface area contributed by atoms with Crippen LogP contribution in [-0.4, -0.2) is 30.8 Å². The second kappa shape index (κ2) is 6.59. The molecule has 0 bridgehead atoms. The first-order chi connectivity index (χ1) is 15.4. The minimum atomic E-state index is -0.398. The van der Waals surface area contributed by atoms with Gasteiger partial charge in [-0.2, -0.15) is 4.52 Å². The number of allylic oxidation sites excluding steroid dienone is 1. The highest BCUT2D eigenvalue weighted by Crippen LogP contribution is 2.45. The fourth-order valence-electron chi connectivity index (χ4n) is 4.96. The topological polar surface area (TPSA) is 97.1 Å². The van der Waals surface area contributed by atoms with Gasteiger partial charge in [0.15, 0.2) is 17.2 Å². The predicted molar refractivity (Wildman–Crippen MR) is 122 cm³/mol. The molecule has 1 aromatic carbocycles. The molecule has 4 heterocycles. The number of hydrogen-bond donors (Lipinski definition) is 2. The van der Waals surface area contributed by atoms with Crippen LogP contribution in [-0.2, 0) is 4.79 Å². The maximum Gasteiger partial charge on any atom is 0.185 e. The monoisotopic (exact) mass is 425 g/mol. The largest absolute Gasteiger partial charge is 0.371 e. The molecule has 8 nitrogen and oxygen atoms in total. The lowest BCUT2D eigenvalue weighted by atomic mass is 9.73.